The number of rotatable bonds is 1. The molecule has 2 heterocycles. The van der Waals surface area contributed by atoms with Gasteiger partial charge in [0, 0.05) is 5.56 Å². The van der Waals surface area contributed by atoms with Crippen molar-refractivity contribution in [2.24, 2.45) is 0 Å². The van der Waals surface area contributed by atoms with E-state index in [-0.39, 0.29) is 11.5 Å². The molecule has 1 atom stereocenters. The van der Waals surface area contributed by atoms with Crippen molar-refractivity contribution in [3.8, 4) is 5.75 Å². The van der Waals surface area contributed by atoms with Gasteiger partial charge in [-0.1, -0.05) is 0 Å². The number of hydrogen-bond donors (Lipinski definition) is 1. The van der Waals surface area contributed by atoms with E-state index in [2.05, 4.69) is 5.32 Å². The van der Waals surface area contributed by atoms with Gasteiger partial charge in [-0.3, -0.25) is 0 Å². The van der Waals surface area contributed by atoms with Crippen LogP contribution in [0.5, 0.6) is 5.75 Å². The first-order valence-corrected chi connectivity index (χ1v) is 5.36. The molecule has 1 fully saturated rings. The van der Waals surface area contributed by atoms with Crippen LogP contribution in [-0.2, 0) is 10.3 Å². The van der Waals surface area contributed by atoms with Crippen molar-refractivity contribution < 1.29 is 14.3 Å². The van der Waals surface area contributed by atoms with E-state index in [9.17, 15) is 4.79 Å². The minimum atomic E-state index is -0.302. The van der Waals surface area contributed by atoms with Gasteiger partial charge in [0.05, 0.1) is 18.2 Å². The van der Waals surface area contributed by atoms with Crippen LogP contribution in [-0.4, -0.2) is 26.2 Å². The third kappa shape index (κ3) is 1.16. The van der Waals surface area contributed by atoms with Gasteiger partial charge in [0.1, 0.15) is 12.4 Å². The lowest BCUT2D eigenvalue weighted by atomic mass is 9.82. The Morgan fingerprint density at radius 3 is 3.00 bits per heavy atom. The lowest BCUT2D eigenvalue weighted by Gasteiger charge is -2.38. The van der Waals surface area contributed by atoms with Crippen LogP contribution in [0.15, 0.2) is 18.2 Å². The number of carbonyl (C=O) groups is 1. The summed E-state index contributed by atoms with van der Waals surface area (Å²) in [4.78, 5) is 11.4. The Bertz CT molecular complexity index is 452. The second-order valence-electron chi connectivity index (χ2n) is 4.25. The molecule has 0 unspecified atom stereocenters. The zero-order chi connectivity index (χ0) is 11.2. The number of benzene rings is 1. The summed E-state index contributed by atoms with van der Waals surface area (Å²) in [7, 11) is 1.39. The Morgan fingerprint density at radius 2 is 2.38 bits per heavy atom. The highest BCUT2D eigenvalue weighted by Gasteiger charge is 2.45. The standard InChI is InChI=1S/C12H13NO3/c1-15-11(14)8-2-3-10-9(6-8)12(7-16-10)4-5-13-12/h2-3,6,13H,4-5,7H2,1H3/t12-/m1/s1. The third-order valence-electron chi connectivity index (χ3n) is 3.41. The molecule has 4 nitrogen and oxygen atoms in total. The molecule has 16 heavy (non-hydrogen) atoms. The fraction of sp³-hybridized carbons (Fsp3) is 0.417. The third-order valence-corrected chi connectivity index (χ3v) is 3.41. The summed E-state index contributed by atoms with van der Waals surface area (Å²) in [6.45, 7) is 1.66. The van der Waals surface area contributed by atoms with E-state index in [0.29, 0.717) is 12.2 Å². The van der Waals surface area contributed by atoms with Crippen molar-refractivity contribution in [2.45, 2.75) is 12.0 Å². The van der Waals surface area contributed by atoms with Gasteiger partial charge in [-0.25, -0.2) is 4.79 Å². The Morgan fingerprint density at radius 1 is 1.56 bits per heavy atom. The van der Waals surface area contributed by atoms with Crippen LogP contribution in [0.3, 0.4) is 0 Å². The number of esters is 1. The first-order valence-electron chi connectivity index (χ1n) is 5.36. The fourth-order valence-corrected chi connectivity index (χ4v) is 2.33. The smallest absolute Gasteiger partial charge is 0.337 e. The summed E-state index contributed by atoms with van der Waals surface area (Å²) in [5.74, 6) is 0.573. The maximum Gasteiger partial charge on any atom is 0.337 e. The largest absolute Gasteiger partial charge is 0.491 e. The van der Waals surface area contributed by atoms with Gasteiger partial charge >= 0.3 is 5.97 Å². The zero-order valence-corrected chi connectivity index (χ0v) is 9.08. The molecule has 84 valence electrons. The summed E-state index contributed by atoms with van der Waals surface area (Å²) in [6.07, 6.45) is 1.06. The highest BCUT2D eigenvalue weighted by molar-refractivity contribution is 5.90. The molecule has 1 spiro atoms. The molecule has 1 saturated heterocycles. The van der Waals surface area contributed by atoms with Crippen LogP contribution in [0.2, 0.25) is 0 Å². The number of ether oxygens (including phenoxy) is 2. The molecular formula is C12H13NO3. The van der Waals surface area contributed by atoms with Crippen LogP contribution in [0.1, 0.15) is 22.3 Å². The van der Waals surface area contributed by atoms with E-state index in [0.717, 1.165) is 24.3 Å². The number of carbonyl (C=O) groups excluding carboxylic acids is 1. The molecule has 0 radical (unpaired) electrons. The summed E-state index contributed by atoms with van der Waals surface area (Å²) >= 11 is 0. The summed E-state index contributed by atoms with van der Waals surface area (Å²) < 4.78 is 10.3. The van der Waals surface area contributed by atoms with Gasteiger partial charge in [0.15, 0.2) is 0 Å². The summed E-state index contributed by atoms with van der Waals surface area (Å²) in [5.41, 5.74) is 1.61. The van der Waals surface area contributed by atoms with Crippen LogP contribution in [0.25, 0.3) is 0 Å². The highest BCUT2D eigenvalue weighted by atomic mass is 16.5. The van der Waals surface area contributed by atoms with Crippen molar-refractivity contribution >= 4 is 5.97 Å². The van der Waals surface area contributed by atoms with Gasteiger partial charge < -0.3 is 14.8 Å². The molecule has 0 saturated carbocycles. The van der Waals surface area contributed by atoms with E-state index in [1.54, 1.807) is 6.07 Å². The minimum absolute atomic E-state index is 0.0562. The van der Waals surface area contributed by atoms with Gasteiger partial charge in [-0.2, -0.15) is 0 Å². The predicted molar refractivity (Wildman–Crippen MR) is 57.6 cm³/mol. The highest BCUT2D eigenvalue weighted by Crippen LogP contribution is 2.43. The van der Waals surface area contributed by atoms with Crippen molar-refractivity contribution in [3.63, 3.8) is 0 Å². The zero-order valence-electron chi connectivity index (χ0n) is 9.08. The number of methoxy groups -OCH3 is 1. The number of fused-ring (bicyclic) bond motifs is 2. The Labute approximate surface area is 93.5 Å². The topological polar surface area (TPSA) is 47.6 Å². The molecule has 4 heteroatoms. The summed E-state index contributed by atoms with van der Waals surface area (Å²) in [6, 6.07) is 5.46. The summed E-state index contributed by atoms with van der Waals surface area (Å²) in [5, 5.41) is 3.38. The van der Waals surface area contributed by atoms with Gasteiger partial charge in [-0.15, -0.1) is 0 Å². The van der Waals surface area contributed by atoms with Gasteiger partial charge in [-0.05, 0) is 31.2 Å². The Kier molecular flexibility index (Phi) is 1.94. The normalized spacial score (nSPS) is 25.8. The molecule has 1 aromatic rings. The lowest BCUT2D eigenvalue weighted by molar-refractivity contribution is 0.0600. The second kappa shape index (κ2) is 3.22. The fourth-order valence-electron chi connectivity index (χ4n) is 2.33. The molecule has 3 rings (SSSR count). The van der Waals surface area contributed by atoms with Crippen LogP contribution in [0.4, 0.5) is 0 Å². The molecule has 1 aromatic carbocycles. The SMILES string of the molecule is COC(=O)c1ccc2c(c1)[C@@]1(CCN1)CO2. The molecular weight excluding hydrogens is 206 g/mol. The van der Waals surface area contributed by atoms with E-state index in [1.807, 2.05) is 12.1 Å². The predicted octanol–water partition coefficient (Wildman–Crippen LogP) is 1.05. The van der Waals surface area contributed by atoms with E-state index in [4.69, 9.17) is 9.47 Å². The van der Waals surface area contributed by atoms with Crippen molar-refractivity contribution in [2.75, 3.05) is 20.3 Å². The monoisotopic (exact) mass is 219 g/mol. The second-order valence-corrected chi connectivity index (χ2v) is 4.25. The van der Waals surface area contributed by atoms with Crippen LogP contribution in [0, 0.1) is 0 Å². The molecule has 0 bridgehead atoms. The molecule has 0 amide bonds. The molecule has 1 N–H and O–H groups in total. The molecule has 2 aliphatic heterocycles. The number of nitrogens with one attached hydrogen (secondary N) is 1. The van der Waals surface area contributed by atoms with Gasteiger partial charge in [0.2, 0.25) is 0 Å². The average molecular weight is 219 g/mol. The number of hydrogen-bond acceptors (Lipinski definition) is 4. The quantitative estimate of drug-likeness (QED) is 0.717. The molecule has 0 aromatic heterocycles. The first-order chi connectivity index (χ1) is 7.75. The van der Waals surface area contributed by atoms with Crippen molar-refractivity contribution in [3.05, 3.63) is 29.3 Å². The van der Waals surface area contributed by atoms with Crippen LogP contribution >= 0.6 is 0 Å². The van der Waals surface area contributed by atoms with E-state index in [1.165, 1.54) is 7.11 Å². The minimum Gasteiger partial charge on any atom is -0.491 e. The van der Waals surface area contributed by atoms with Crippen molar-refractivity contribution in [1.82, 2.24) is 5.32 Å². The van der Waals surface area contributed by atoms with Gasteiger partial charge in [0.25, 0.3) is 0 Å². The maximum absolute atomic E-state index is 11.4. The molecule has 0 aliphatic carbocycles. The van der Waals surface area contributed by atoms with E-state index < -0.39 is 0 Å². The maximum atomic E-state index is 11.4. The van der Waals surface area contributed by atoms with E-state index >= 15 is 0 Å². The Balaban J connectivity index is 2.03. The molecule has 2 aliphatic rings. The van der Waals surface area contributed by atoms with Crippen molar-refractivity contribution in [1.29, 1.82) is 0 Å². The average Bonchev–Trinajstić information content (AvgIpc) is 2.66. The Hall–Kier alpha value is -1.55. The first kappa shape index (κ1) is 9.66. The lowest BCUT2D eigenvalue weighted by Crippen LogP contribution is -2.55. The van der Waals surface area contributed by atoms with Crippen LogP contribution < -0.4 is 10.1 Å².